The summed E-state index contributed by atoms with van der Waals surface area (Å²) in [6.45, 7) is 10.3. The molecule has 32 nitrogen and oxygen atoms in total. The van der Waals surface area contributed by atoms with Crippen LogP contribution in [0.15, 0.2) is 63.5 Å². The average molecular weight is 2170 g/mol. The number of aryl methyl sites for hydroxylation is 1. The van der Waals surface area contributed by atoms with Crippen molar-refractivity contribution in [1.82, 2.24) is 19.9 Å². The van der Waals surface area contributed by atoms with Crippen molar-refractivity contribution in [3.05, 3.63) is 141 Å². The van der Waals surface area contributed by atoms with Gasteiger partial charge in [-0.2, -0.15) is 0 Å². The van der Waals surface area contributed by atoms with E-state index in [-0.39, 0.29) is 57.6 Å². The van der Waals surface area contributed by atoms with Gasteiger partial charge in [-0.1, -0.05) is 132 Å². The van der Waals surface area contributed by atoms with E-state index in [0.717, 1.165) is 164 Å². The van der Waals surface area contributed by atoms with E-state index < -0.39 is 333 Å². The van der Waals surface area contributed by atoms with Crippen LogP contribution in [0.4, 0.5) is 52.7 Å². The minimum absolute atomic E-state index is 0.0673. The highest BCUT2D eigenvalue weighted by Gasteiger charge is 2.57. The fraction of sp³-hybridized carbons (Fsp3) is 0.466. The number of aromatic amines is 2. The number of halogens is 12. The summed E-state index contributed by atoms with van der Waals surface area (Å²) in [5, 5.41) is 0. The van der Waals surface area contributed by atoms with Crippen LogP contribution >= 0.6 is 35.3 Å². The van der Waals surface area contributed by atoms with Gasteiger partial charge in [0.25, 0.3) is 0 Å². The molecule has 0 unspecified atom stereocenters. The summed E-state index contributed by atoms with van der Waals surface area (Å²) in [6.07, 6.45) is 1.20. The maximum absolute atomic E-state index is 18.6. The number of unbranched alkanes of at least 4 members (excludes halogenated alkanes) is 15. The Morgan fingerprint density at radius 1 is 0.280 bits per heavy atom. The van der Waals surface area contributed by atoms with E-state index >= 15 is 52.7 Å². The van der Waals surface area contributed by atoms with E-state index in [0.29, 0.717) is 13.0 Å². The molecule has 2 N–H and O–H groups in total. The van der Waals surface area contributed by atoms with Gasteiger partial charge in [0.15, 0.2) is 137 Å². The van der Waals surface area contributed by atoms with Crippen LogP contribution in [0.2, 0.25) is 0 Å². The molecule has 0 spiro atoms. The first kappa shape index (κ1) is 116. The molecular weight excluding hydrogens is 2060 g/mol. The second kappa shape index (κ2) is 52.2. The normalized spacial score (nSPS) is 20.8. The van der Waals surface area contributed by atoms with Crippen molar-refractivity contribution in [2.75, 3.05) is 19.8 Å². The molecule has 3 saturated heterocycles. The molecule has 0 saturated carbocycles. The molecule has 9 heterocycles. The van der Waals surface area contributed by atoms with E-state index in [4.69, 9.17) is 76.0 Å². The Morgan fingerprint density at radius 3 is 0.740 bits per heavy atom. The van der Waals surface area contributed by atoms with Crippen molar-refractivity contribution >= 4 is 153 Å². The van der Waals surface area contributed by atoms with Crippen molar-refractivity contribution in [3.63, 3.8) is 0 Å². The van der Waals surface area contributed by atoms with E-state index in [9.17, 15) is 57.5 Å². The van der Waals surface area contributed by atoms with Crippen molar-refractivity contribution in [1.29, 1.82) is 0 Å². The monoisotopic (exact) mass is 2170 g/mol. The Bertz CT molecular complexity index is 6300. The molecule has 3 fully saturated rings. The molecule has 0 amide bonds. The number of nitrogens with one attached hydrogen (secondary N) is 2. The fourth-order valence-corrected chi connectivity index (χ4v) is 21.4. The molecule has 3 aromatic carbocycles. The Kier molecular flexibility index (Phi) is 40.3. The summed E-state index contributed by atoms with van der Waals surface area (Å²) >= 11 is -0.775. The highest BCUT2D eigenvalue weighted by atomic mass is 32.2. The summed E-state index contributed by atoms with van der Waals surface area (Å²) in [5.74, 6) is -41.7. The highest BCUT2D eigenvalue weighted by Crippen LogP contribution is 2.51. The number of carbonyl (C=O) groups excluding carboxylic acids is 12. The number of hydrogen-bond acceptors (Lipinski definition) is 32. The number of esters is 12. The van der Waals surface area contributed by atoms with Crippen molar-refractivity contribution in [2.24, 2.45) is 0 Å². The maximum Gasteiger partial charge on any atom is 0.303 e. The first-order chi connectivity index (χ1) is 71.3. The zero-order valence-electron chi connectivity index (χ0n) is 83.4. The number of benzene rings is 3. The number of rotatable bonds is 42. The van der Waals surface area contributed by atoms with Crippen LogP contribution in [0.3, 0.4) is 0 Å². The number of ether oxygens (including phenoxy) is 15. The Hall–Kier alpha value is -12.9. The number of hydrogen-bond donors (Lipinski definition) is 2. The SMILES string of the molecule is CCCCCCCCCCCCCCCCCC[n+]1ccc(-c2c3nc(c(-c4c(F)c(F)c(S[C@@H]5O[C@H](COC(C)=O)[C@@H](OC(C)=O)[C@H](OC(C)=O)[C@H]5OC(C)=O)c(F)c4F)c4ccc([nH]4)c(-c4c(F)c(F)c(S[C@@H]5O[C@H](COC(C)=O)[C@@H](OC(C)=O)[C@H](OC(C)=O)[C@H]5OC(C)=O)c(F)c4F)c4nc(c(-c5c(F)c(F)c(S[C@@H]6O[C@H](COC(C)=O)[C@@H](OC(C)=O)[C@H](OC(C)=O)[C@H]6OC(C)=O)c(F)c5F)c5ccc2[nH]5)C=C4)C=C3)cc1. The molecule has 5 aliphatic rings. The van der Waals surface area contributed by atoms with E-state index in [2.05, 4.69) is 21.9 Å². The lowest BCUT2D eigenvalue weighted by molar-refractivity contribution is -0.697. The van der Waals surface area contributed by atoms with Gasteiger partial charge in [0, 0.05) is 146 Å². The molecular formula is C103H108F12N5O27S3+. The van der Waals surface area contributed by atoms with Crippen molar-refractivity contribution < 1.29 is 186 Å². The minimum Gasteiger partial charge on any atom is -0.463 e. The predicted octanol–water partition coefficient (Wildman–Crippen LogP) is 19.1. The van der Waals surface area contributed by atoms with Gasteiger partial charge < -0.3 is 81.0 Å². The topological polar surface area (TPSA) is 405 Å². The quantitative estimate of drug-likeness (QED) is 0.00896. The smallest absolute Gasteiger partial charge is 0.303 e. The third-order valence-corrected chi connectivity index (χ3v) is 27.8. The lowest BCUT2D eigenvalue weighted by atomic mass is 9.99. The van der Waals surface area contributed by atoms with Gasteiger partial charge in [-0.3, -0.25) is 57.5 Å². The Balaban J connectivity index is 1.11. The standard InChI is InChI=1S/C103H107F12N5O27S3/c1-14-15-16-17-18-19-20-21-22-23-24-25-26-27-28-29-40-120-41-38-58(39-42-120)70-59-30-32-61(116-59)71(74-77(104)83(110)98(84(111)78(74)105)148-101-95(142-55(11)130)92(139-52(8)127)89(136-49(5)124)67(145-101)43-133-46(2)121)63-34-36-65(118-63)73(76-81(108)87(114)100(88(115)82(76)109)150-103-97(144-57(13)132)94(141-54(10)129)91(138-51(7)126)69(147-103)45-135-48(4)123)66-37-35-64(119-66)72(62-33-31-60(70)117-62)75-79(106)85(112)99(86(113)80(75)107)149-102-96(143-56(12)131)93(140-53(9)128)90(137-50(6)125)68(146-102)44-134-47(3)122/h30-39,41-42,67-69,89-97,101-103H,14-29,40,43-45H2,1-13H3,(H,116,117,118,119)/p+1/t67-,68-,69-,89-,90-,91-,92+,93+,94+,95-,96-,97-,101+,102+,103+/m1/s1. The lowest BCUT2D eigenvalue weighted by Crippen LogP contribution is -2.61. The number of carbonyl (C=O) groups is 12. The van der Waals surface area contributed by atoms with E-state index in [1.807, 2.05) is 4.57 Å². The molecule has 0 radical (unpaired) electrons. The second-order valence-electron chi connectivity index (χ2n) is 35.6. The van der Waals surface area contributed by atoms with Gasteiger partial charge >= 0.3 is 71.6 Å². The third-order valence-electron chi connectivity index (χ3n) is 24.2. The molecule has 0 aliphatic carbocycles. The molecule has 47 heteroatoms. The molecule has 12 rings (SSSR count). The van der Waals surface area contributed by atoms with E-state index in [1.54, 1.807) is 24.5 Å². The largest absolute Gasteiger partial charge is 0.463 e. The Labute approximate surface area is 863 Å². The van der Waals surface area contributed by atoms with Gasteiger partial charge in [-0.15, -0.1) is 0 Å². The average Bonchev–Trinajstić information content (AvgIpc) is 1.53. The number of nitrogens with zero attached hydrogens (tertiary/aromatic N) is 3. The zero-order chi connectivity index (χ0) is 109. The number of pyridine rings is 1. The molecule has 7 aromatic rings. The van der Waals surface area contributed by atoms with E-state index in [1.165, 1.54) is 63.5 Å². The molecule has 5 aliphatic heterocycles. The summed E-state index contributed by atoms with van der Waals surface area (Å²) in [4.78, 5) is 163. The Morgan fingerprint density at radius 2 is 0.500 bits per heavy atom. The van der Waals surface area contributed by atoms with Crippen LogP contribution < -0.4 is 4.57 Å². The second-order valence-corrected chi connectivity index (χ2v) is 38.9. The molecule has 808 valence electrons. The number of H-pyrrole nitrogens is 2. The summed E-state index contributed by atoms with van der Waals surface area (Å²) < 4.78 is 304. The maximum atomic E-state index is 18.6. The van der Waals surface area contributed by atoms with Crippen LogP contribution in [-0.2, 0) is 135 Å². The summed E-state index contributed by atoms with van der Waals surface area (Å²) in [5.41, 5.74) is -20.4. The highest BCUT2D eigenvalue weighted by molar-refractivity contribution is 8.00. The fourth-order valence-electron chi connectivity index (χ4n) is 17.9. The van der Waals surface area contributed by atoms with Crippen LogP contribution in [0.25, 0.3) is 90.9 Å². The van der Waals surface area contributed by atoms with Crippen LogP contribution in [0.1, 0.15) is 216 Å². The van der Waals surface area contributed by atoms with Gasteiger partial charge in [0.2, 0.25) is 0 Å². The first-order valence-electron chi connectivity index (χ1n) is 47.9. The van der Waals surface area contributed by atoms with Crippen LogP contribution in [-0.4, -0.2) is 201 Å². The molecule has 15 atom stereocenters. The minimum atomic E-state index is -2.46. The zero-order valence-corrected chi connectivity index (χ0v) is 85.8. The number of thioether (sulfide) groups is 3. The molecule has 150 heavy (non-hydrogen) atoms. The third kappa shape index (κ3) is 28.1. The summed E-state index contributed by atoms with van der Waals surface area (Å²) in [7, 11) is 0. The first-order valence-corrected chi connectivity index (χ1v) is 50.6. The summed E-state index contributed by atoms with van der Waals surface area (Å²) in [6, 6.07) is 7.06. The van der Waals surface area contributed by atoms with Gasteiger partial charge in [0.1, 0.15) is 61.0 Å². The number of fused-ring (bicyclic) bond motifs is 8. The van der Waals surface area contributed by atoms with Gasteiger partial charge in [0.05, 0.1) is 54.2 Å². The van der Waals surface area contributed by atoms with Gasteiger partial charge in [-0.25, -0.2) is 67.2 Å². The lowest BCUT2D eigenvalue weighted by Gasteiger charge is -2.44. The number of aromatic nitrogens is 5. The van der Waals surface area contributed by atoms with Gasteiger partial charge in [-0.05, 0) is 60.6 Å². The van der Waals surface area contributed by atoms with Crippen LogP contribution in [0, 0.1) is 69.8 Å². The van der Waals surface area contributed by atoms with Crippen molar-refractivity contribution in [2.45, 2.75) is 304 Å². The van der Waals surface area contributed by atoms with Crippen LogP contribution in [0.5, 0.6) is 0 Å². The van der Waals surface area contributed by atoms with Crippen molar-refractivity contribution in [3.8, 4) is 44.5 Å². The molecule has 8 bridgehead atoms. The molecule has 4 aromatic heterocycles. The predicted molar refractivity (Wildman–Crippen MR) is 513 cm³/mol.